The molecule has 2 aromatic heterocycles. The highest BCUT2D eigenvalue weighted by Gasteiger charge is 2.29. The number of nitrogens with zero attached hydrogens (tertiary/aromatic N) is 5. The molecule has 126 valence electrons. The third-order valence-electron chi connectivity index (χ3n) is 4.91. The summed E-state index contributed by atoms with van der Waals surface area (Å²) < 4.78 is 1.66. The molecule has 4 rings (SSSR count). The fraction of sp³-hybridized carbons (Fsp3) is 0.556. The van der Waals surface area contributed by atoms with E-state index in [1.165, 1.54) is 0 Å². The van der Waals surface area contributed by atoms with Crippen molar-refractivity contribution >= 4 is 5.82 Å². The van der Waals surface area contributed by atoms with E-state index in [4.69, 9.17) is 0 Å². The second kappa shape index (κ2) is 6.00. The molecule has 0 atom stereocenters. The van der Waals surface area contributed by atoms with Gasteiger partial charge in [0.2, 0.25) is 0 Å². The molecule has 0 N–H and O–H groups in total. The lowest BCUT2D eigenvalue weighted by Crippen LogP contribution is -2.50. The van der Waals surface area contributed by atoms with E-state index in [0.29, 0.717) is 18.4 Å². The molecule has 1 saturated heterocycles. The Kier molecular flexibility index (Phi) is 3.82. The number of aryl methyl sites for hydroxylation is 2. The van der Waals surface area contributed by atoms with Crippen LogP contribution >= 0.6 is 0 Å². The zero-order valence-corrected chi connectivity index (χ0v) is 14.3. The van der Waals surface area contributed by atoms with Crippen LogP contribution in [0.2, 0.25) is 0 Å². The Morgan fingerprint density at radius 2 is 2.12 bits per heavy atom. The average molecular weight is 325 g/mol. The van der Waals surface area contributed by atoms with Gasteiger partial charge in [-0.25, -0.2) is 14.6 Å². The van der Waals surface area contributed by atoms with Crippen LogP contribution in [0.3, 0.4) is 0 Å². The van der Waals surface area contributed by atoms with Crippen LogP contribution in [0, 0.1) is 5.92 Å². The Balaban J connectivity index is 1.42. The van der Waals surface area contributed by atoms with E-state index in [2.05, 4.69) is 33.8 Å². The first kappa shape index (κ1) is 15.3. The molecule has 2 aromatic rings. The molecular formula is C18H23N5O. The first-order valence-corrected chi connectivity index (χ1v) is 8.78. The predicted molar refractivity (Wildman–Crippen MR) is 92.3 cm³/mol. The van der Waals surface area contributed by atoms with Gasteiger partial charge in [0.15, 0.2) is 0 Å². The summed E-state index contributed by atoms with van der Waals surface area (Å²) in [5.74, 6) is 2.65. The maximum Gasteiger partial charge on any atom is 0.267 e. The molecule has 3 heterocycles. The lowest BCUT2D eigenvalue weighted by atomic mass is 10.0. The molecule has 0 aromatic carbocycles. The van der Waals surface area contributed by atoms with E-state index in [0.717, 1.165) is 55.3 Å². The minimum atomic E-state index is 0.0400. The smallest absolute Gasteiger partial charge is 0.267 e. The maximum atomic E-state index is 12.2. The van der Waals surface area contributed by atoms with Gasteiger partial charge in [0.25, 0.3) is 5.56 Å². The molecule has 0 spiro atoms. The van der Waals surface area contributed by atoms with Gasteiger partial charge in [0.1, 0.15) is 11.6 Å². The van der Waals surface area contributed by atoms with Gasteiger partial charge in [-0.2, -0.15) is 5.10 Å². The van der Waals surface area contributed by atoms with Gasteiger partial charge in [-0.1, -0.05) is 13.8 Å². The first-order valence-electron chi connectivity index (χ1n) is 8.78. The van der Waals surface area contributed by atoms with Crippen LogP contribution in [0.5, 0.6) is 0 Å². The SMILES string of the molecule is CC(C)c1nccc(N2CC(Cn3nc4c(cc3=O)CCC4)C2)n1. The zero-order valence-electron chi connectivity index (χ0n) is 14.3. The Morgan fingerprint density at radius 3 is 2.92 bits per heavy atom. The van der Waals surface area contributed by atoms with Crippen LogP contribution in [0.1, 0.15) is 43.3 Å². The predicted octanol–water partition coefficient (Wildman–Crippen LogP) is 1.78. The van der Waals surface area contributed by atoms with Gasteiger partial charge in [0, 0.05) is 37.2 Å². The highest BCUT2D eigenvalue weighted by molar-refractivity contribution is 5.41. The van der Waals surface area contributed by atoms with Gasteiger partial charge >= 0.3 is 0 Å². The normalized spacial score (nSPS) is 17.2. The van der Waals surface area contributed by atoms with Crippen LogP contribution in [-0.2, 0) is 19.4 Å². The Bertz CT molecular complexity index is 807. The van der Waals surface area contributed by atoms with Crippen molar-refractivity contribution in [2.75, 3.05) is 18.0 Å². The fourth-order valence-corrected chi connectivity index (χ4v) is 3.51. The number of hydrogen-bond donors (Lipinski definition) is 0. The number of anilines is 1. The van der Waals surface area contributed by atoms with Crippen molar-refractivity contribution in [3.8, 4) is 0 Å². The monoisotopic (exact) mass is 325 g/mol. The van der Waals surface area contributed by atoms with Crippen molar-refractivity contribution in [1.29, 1.82) is 0 Å². The molecule has 6 heteroatoms. The Labute approximate surface area is 141 Å². The second-order valence-electron chi connectivity index (χ2n) is 7.19. The summed E-state index contributed by atoms with van der Waals surface area (Å²) in [7, 11) is 0. The summed E-state index contributed by atoms with van der Waals surface area (Å²) in [6.07, 6.45) is 4.96. The topological polar surface area (TPSA) is 63.9 Å². The minimum Gasteiger partial charge on any atom is -0.356 e. The minimum absolute atomic E-state index is 0.0400. The Hall–Kier alpha value is -2.24. The number of hydrogen-bond acceptors (Lipinski definition) is 5. The lowest BCUT2D eigenvalue weighted by Gasteiger charge is -2.40. The molecule has 0 amide bonds. The van der Waals surface area contributed by atoms with Gasteiger partial charge in [0.05, 0.1) is 12.2 Å². The molecule has 0 radical (unpaired) electrons. The molecule has 0 saturated carbocycles. The maximum absolute atomic E-state index is 12.2. The summed E-state index contributed by atoms with van der Waals surface area (Å²) >= 11 is 0. The van der Waals surface area contributed by atoms with E-state index in [1.54, 1.807) is 10.7 Å². The molecule has 1 aliphatic heterocycles. The summed E-state index contributed by atoms with van der Waals surface area (Å²) in [4.78, 5) is 23.4. The van der Waals surface area contributed by atoms with E-state index in [9.17, 15) is 4.79 Å². The highest BCUT2D eigenvalue weighted by Crippen LogP contribution is 2.25. The highest BCUT2D eigenvalue weighted by atomic mass is 16.1. The molecule has 2 aliphatic rings. The van der Waals surface area contributed by atoms with Crippen molar-refractivity contribution in [3.63, 3.8) is 0 Å². The molecule has 24 heavy (non-hydrogen) atoms. The number of aromatic nitrogens is 4. The van der Waals surface area contributed by atoms with Crippen molar-refractivity contribution in [1.82, 2.24) is 19.7 Å². The molecular weight excluding hydrogens is 302 g/mol. The zero-order chi connectivity index (χ0) is 16.7. The van der Waals surface area contributed by atoms with Crippen molar-refractivity contribution in [3.05, 3.63) is 45.8 Å². The van der Waals surface area contributed by atoms with E-state index in [1.807, 2.05) is 12.3 Å². The summed E-state index contributed by atoms with van der Waals surface area (Å²) in [6.45, 7) is 6.73. The first-order chi connectivity index (χ1) is 11.6. The summed E-state index contributed by atoms with van der Waals surface area (Å²) in [6, 6.07) is 3.74. The van der Waals surface area contributed by atoms with Gasteiger partial charge in [-0.05, 0) is 30.9 Å². The molecule has 0 bridgehead atoms. The molecule has 1 aliphatic carbocycles. The average Bonchev–Trinajstić information content (AvgIpc) is 2.97. The van der Waals surface area contributed by atoms with Crippen LogP contribution in [0.15, 0.2) is 23.1 Å². The van der Waals surface area contributed by atoms with E-state index < -0.39 is 0 Å². The fourth-order valence-electron chi connectivity index (χ4n) is 3.51. The molecule has 1 fully saturated rings. The standard InChI is InChI=1S/C18H23N5O/c1-12(2)18-19-7-6-16(20-18)22-9-13(10-22)11-23-17(24)8-14-4-3-5-15(14)21-23/h6-8,12-13H,3-5,9-11H2,1-2H3. The van der Waals surface area contributed by atoms with Crippen LogP contribution < -0.4 is 10.5 Å². The third-order valence-corrected chi connectivity index (χ3v) is 4.91. The Morgan fingerprint density at radius 1 is 1.29 bits per heavy atom. The van der Waals surface area contributed by atoms with Crippen LogP contribution in [0.25, 0.3) is 0 Å². The number of rotatable bonds is 4. The van der Waals surface area contributed by atoms with Crippen molar-refractivity contribution in [2.45, 2.75) is 45.6 Å². The van der Waals surface area contributed by atoms with E-state index in [-0.39, 0.29) is 5.56 Å². The van der Waals surface area contributed by atoms with Gasteiger partial charge in [-0.3, -0.25) is 4.79 Å². The van der Waals surface area contributed by atoms with Crippen molar-refractivity contribution in [2.24, 2.45) is 5.92 Å². The van der Waals surface area contributed by atoms with Crippen molar-refractivity contribution < 1.29 is 0 Å². The molecule has 6 nitrogen and oxygen atoms in total. The van der Waals surface area contributed by atoms with E-state index >= 15 is 0 Å². The number of fused-ring (bicyclic) bond motifs is 1. The molecule has 0 unspecified atom stereocenters. The summed E-state index contributed by atoms with van der Waals surface area (Å²) in [5.41, 5.74) is 2.30. The van der Waals surface area contributed by atoms with Crippen LogP contribution in [0.4, 0.5) is 5.82 Å². The third kappa shape index (κ3) is 2.81. The largest absolute Gasteiger partial charge is 0.356 e. The van der Waals surface area contributed by atoms with Gasteiger partial charge < -0.3 is 4.90 Å². The quantitative estimate of drug-likeness (QED) is 0.857. The van der Waals surface area contributed by atoms with Crippen LogP contribution in [-0.4, -0.2) is 32.8 Å². The van der Waals surface area contributed by atoms with Gasteiger partial charge in [-0.15, -0.1) is 0 Å². The summed E-state index contributed by atoms with van der Waals surface area (Å²) in [5, 5.41) is 4.57. The lowest BCUT2D eigenvalue weighted by molar-refractivity contribution is 0.331. The second-order valence-corrected chi connectivity index (χ2v) is 7.19.